The van der Waals surface area contributed by atoms with Gasteiger partial charge in [0.15, 0.2) is 16.6 Å². The Morgan fingerprint density at radius 1 is 1.48 bits per heavy atom. The first kappa shape index (κ1) is 15.7. The molecule has 21 heavy (non-hydrogen) atoms. The highest BCUT2D eigenvalue weighted by atomic mass is 32.2. The number of Topliss-reactive ketones (excluding diaryl/α,β-unsaturated/α-hetero) is 1. The predicted octanol–water partition coefficient (Wildman–Crippen LogP) is 2.74. The van der Waals surface area contributed by atoms with Gasteiger partial charge >= 0.3 is 6.18 Å². The maximum absolute atomic E-state index is 12.6. The summed E-state index contributed by atoms with van der Waals surface area (Å²) in [5, 5.41) is -0.155. The molecule has 5 nitrogen and oxygen atoms in total. The molecule has 0 aliphatic rings. The third kappa shape index (κ3) is 3.91. The maximum Gasteiger partial charge on any atom is 0.433 e. The molecule has 0 spiro atoms. The van der Waals surface area contributed by atoms with Crippen LogP contribution in [0.3, 0.4) is 0 Å². The molecule has 0 saturated carbocycles. The van der Waals surface area contributed by atoms with E-state index in [1.54, 1.807) is 0 Å². The number of hydrogen-bond donors (Lipinski definition) is 1. The summed E-state index contributed by atoms with van der Waals surface area (Å²) in [6.07, 6.45) is -4.68. The smallest absolute Gasteiger partial charge is 0.301 e. The molecule has 0 fully saturated rings. The lowest BCUT2D eigenvalue weighted by Gasteiger charge is -2.06. The standard InChI is InChI=1S/C11H8F3N3O2S2/c1-5(18)9-6(21-4-15-9)3-20-10-16-7(11(12,13)14)2-8(19)17-10/h2,4H,3H2,1H3,(H,16,17,19). The van der Waals surface area contributed by atoms with Crippen LogP contribution >= 0.6 is 23.1 Å². The molecule has 0 bridgehead atoms. The van der Waals surface area contributed by atoms with Crippen molar-refractivity contribution in [1.82, 2.24) is 15.0 Å². The van der Waals surface area contributed by atoms with Gasteiger partial charge in [-0.3, -0.25) is 9.59 Å². The molecule has 0 atom stereocenters. The van der Waals surface area contributed by atoms with Gasteiger partial charge in [-0.05, 0) is 0 Å². The average molecular weight is 335 g/mol. The van der Waals surface area contributed by atoms with Crippen LogP contribution in [0.25, 0.3) is 0 Å². The number of aromatic amines is 1. The minimum absolute atomic E-state index is 0.155. The van der Waals surface area contributed by atoms with Crippen molar-refractivity contribution in [2.75, 3.05) is 0 Å². The number of carbonyl (C=O) groups excluding carboxylic acids is 1. The molecule has 0 aliphatic heterocycles. The molecule has 0 amide bonds. The molecule has 1 N–H and O–H groups in total. The highest BCUT2D eigenvalue weighted by Crippen LogP contribution is 2.29. The van der Waals surface area contributed by atoms with Gasteiger partial charge in [-0.2, -0.15) is 13.2 Å². The number of hydrogen-bond acceptors (Lipinski definition) is 6. The minimum atomic E-state index is -4.68. The Labute approximate surface area is 124 Å². The van der Waals surface area contributed by atoms with Crippen molar-refractivity contribution >= 4 is 28.9 Å². The van der Waals surface area contributed by atoms with E-state index in [4.69, 9.17) is 0 Å². The number of thioether (sulfide) groups is 1. The van der Waals surface area contributed by atoms with E-state index in [2.05, 4.69) is 15.0 Å². The quantitative estimate of drug-likeness (QED) is 0.528. The first-order chi connectivity index (χ1) is 9.77. The van der Waals surface area contributed by atoms with Crippen molar-refractivity contribution in [2.24, 2.45) is 0 Å². The van der Waals surface area contributed by atoms with E-state index in [0.717, 1.165) is 11.8 Å². The van der Waals surface area contributed by atoms with Crippen LogP contribution in [0.1, 0.15) is 28.0 Å². The summed E-state index contributed by atoms with van der Waals surface area (Å²) in [6.45, 7) is 1.35. The number of H-pyrrole nitrogens is 1. The molecule has 0 unspecified atom stereocenters. The summed E-state index contributed by atoms with van der Waals surface area (Å²) < 4.78 is 37.7. The van der Waals surface area contributed by atoms with Crippen LogP contribution in [0.2, 0.25) is 0 Å². The van der Waals surface area contributed by atoms with Gasteiger partial charge in [0.1, 0.15) is 5.69 Å². The average Bonchev–Trinajstić information content (AvgIpc) is 2.83. The van der Waals surface area contributed by atoms with Gasteiger partial charge in [0.05, 0.1) is 5.51 Å². The molecular weight excluding hydrogens is 327 g/mol. The molecule has 0 saturated heterocycles. The van der Waals surface area contributed by atoms with Gasteiger partial charge in [0.25, 0.3) is 5.56 Å². The van der Waals surface area contributed by atoms with E-state index in [0.29, 0.717) is 10.9 Å². The van der Waals surface area contributed by atoms with Crippen LogP contribution in [0, 0.1) is 0 Å². The SMILES string of the molecule is CC(=O)c1ncsc1CSc1nc(C(F)(F)F)cc(=O)[nH]1. The van der Waals surface area contributed by atoms with Crippen molar-refractivity contribution in [1.29, 1.82) is 0 Å². The molecule has 0 aromatic carbocycles. The van der Waals surface area contributed by atoms with Crippen molar-refractivity contribution in [3.63, 3.8) is 0 Å². The number of halogens is 3. The summed E-state index contributed by atoms with van der Waals surface area (Å²) in [5.74, 6) is -0.0264. The van der Waals surface area contributed by atoms with Crippen LogP contribution in [0.4, 0.5) is 13.2 Å². The van der Waals surface area contributed by atoms with Gasteiger partial charge < -0.3 is 4.98 Å². The van der Waals surface area contributed by atoms with E-state index >= 15 is 0 Å². The monoisotopic (exact) mass is 335 g/mol. The van der Waals surface area contributed by atoms with Gasteiger partial charge in [0, 0.05) is 23.6 Å². The summed E-state index contributed by atoms with van der Waals surface area (Å²) >= 11 is 2.12. The number of alkyl halides is 3. The number of thiazole rings is 1. The molecule has 10 heteroatoms. The second-order valence-electron chi connectivity index (χ2n) is 3.90. The van der Waals surface area contributed by atoms with Crippen LogP contribution in [-0.2, 0) is 11.9 Å². The number of aromatic nitrogens is 3. The summed E-state index contributed by atoms with van der Waals surface area (Å²) in [5.41, 5.74) is -0.364. The highest BCUT2D eigenvalue weighted by Gasteiger charge is 2.33. The van der Waals surface area contributed by atoms with Crippen LogP contribution in [-0.4, -0.2) is 20.7 Å². The normalized spacial score (nSPS) is 11.6. The zero-order valence-corrected chi connectivity index (χ0v) is 12.2. The Morgan fingerprint density at radius 2 is 2.19 bits per heavy atom. The summed E-state index contributed by atoms with van der Waals surface area (Å²) in [6, 6.07) is 0.401. The molecule has 112 valence electrons. The molecule has 0 aliphatic carbocycles. The number of nitrogens with zero attached hydrogens (tertiary/aromatic N) is 2. The van der Waals surface area contributed by atoms with Crippen LogP contribution in [0.5, 0.6) is 0 Å². The zero-order valence-electron chi connectivity index (χ0n) is 10.5. The lowest BCUT2D eigenvalue weighted by Crippen LogP contribution is -2.16. The zero-order chi connectivity index (χ0) is 15.6. The van der Waals surface area contributed by atoms with E-state index in [9.17, 15) is 22.8 Å². The van der Waals surface area contributed by atoms with Crippen LogP contribution < -0.4 is 5.56 Å². The van der Waals surface area contributed by atoms with Crippen LogP contribution in [0.15, 0.2) is 21.5 Å². The number of rotatable bonds is 4. The van der Waals surface area contributed by atoms with Crippen molar-refractivity contribution in [3.05, 3.63) is 38.2 Å². The Bertz CT molecular complexity index is 724. The minimum Gasteiger partial charge on any atom is -0.301 e. The van der Waals surface area contributed by atoms with E-state index in [1.807, 2.05) is 0 Å². The lowest BCUT2D eigenvalue weighted by molar-refractivity contribution is -0.141. The number of carbonyl (C=O) groups is 1. The molecule has 2 aromatic heterocycles. The summed E-state index contributed by atoms with van der Waals surface area (Å²) in [7, 11) is 0. The third-order valence-electron chi connectivity index (χ3n) is 2.32. The summed E-state index contributed by atoms with van der Waals surface area (Å²) in [4.78, 5) is 32.6. The van der Waals surface area contributed by atoms with Gasteiger partial charge in [-0.15, -0.1) is 11.3 Å². The third-order valence-corrected chi connectivity index (χ3v) is 4.24. The largest absolute Gasteiger partial charge is 0.433 e. The van der Waals surface area contributed by atoms with Gasteiger partial charge in [-0.1, -0.05) is 11.8 Å². The van der Waals surface area contributed by atoms with E-state index < -0.39 is 17.4 Å². The fraction of sp³-hybridized carbons (Fsp3) is 0.273. The molecule has 2 aromatic rings. The van der Waals surface area contributed by atoms with E-state index in [1.165, 1.54) is 23.8 Å². The van der Waals surface area contributed by atoms with Crippen molar-refractivity contribution in [3.8, 4) is 0 Å². The lowest BCUT2D eigenvalue weighted by atomic mass is 10.3. The van der Waals surface area contributed by atoms with Gasteiger partial charge in [0.2, 0.25) is 0 Å². The first-order valence-corrected chi connectivity index (χ1v) is 7.38. The topological polar surface area (TPSA) is 75.7 Å². The second kappa shape index (κ2) is 5.98. The van der Waals surface area contributed by atoms with Gasteiger partial charge in [-0.25, -0.2) is 9.97 Å². The fourth-order valence-electron chi connectivity index (χ4n) is 1.44. The Balaban J connectivity index is 2.21. The Hall–Kier alpha value is -1.68. The molecule has 2 heterocycles. The number of nitrogens with one attached hydrogen (secondary N) is 1. The first-order valence-electron chi connectivity index (χ1n) is 5.52. The van der Waals surface area contributed by atoms with Crippen molar-refractivity contribution < 1.29 is 18.0 Å². The number of ketones is 1. The second-order valence-corrected chi connectivity index (χ2v) is 5.81. The Morgan fingerprint density at radius 3 is 2.81 bits per heavy atom. The maximum atomic E-state index is 12.6. The van der Waals surface area contributed by atoms with E-state index in [-0.39, 0.29) is 22.4 Å². The van der Waals surface area contributed by atoms with Crippen molar-refractivity contribution in [2.45, 2.75) is 24.0 Å². The molecule has 0 radical (unpaired) electrons. The predicted molar refractivity (Wildman–Crippen MR) is 71.5 cm³/mol. The molecular formula is C11H8F3N3O2S2. The fourth-order valence-corrected chi connectivity index (χ4v) is 3.23. The Kier molecular flexibility index (Phi) is 4.47. The molecule has 2 rings (SSSR count). The highest BCUT2D eigenvalue weighted by molar-refractivity contribution is 7.98.